The molecular formula is C27H32FN5O4S2. The van der Waals surface area contributed by atoms with Gasteiger partial charge in [0.25, 0.3) is 15.9 Å². The Morgan fingerprint density at radius 2 is 1.59 bits per heavy atom. The Balaban J connectivity index is 1.65. The summed E-state index contributed by atoms with van der Waals surface area (Å²) in [5.74, 6) is -0.548. The second-order valence-electron chi connectivity index (χ2n) is 9.36. The molecule has 1 saturated heterocycles. The number of hydrogen-bond acceptors (Lipinski definition) is 7. The highest BCUT2D eigenvalue weighted by molar-refractivity contribution is 7.90. The van der Waals surface area contributed by atoms with E-state index in [9.17, 15) is 17.6 Å². The number of hydroxylamine groups is 2. The number of rotatable bonds is 8. The summed E-state index contributed by atoms with van der Waals surface area (Å²) < 4.78 is 42.2. The molecule has 0 bridgehead atoms. The lowest BCUT2D eigenvalue weighted by atomic mass is 10.0. The summed E-state index contributed by atoms with van der Waals surface area (Å²) in [5.41, 5.74) is 3.38. The molecule has 1 aliphatic heterocycles. The zero-order valence-corrected chi connectivity index (χ0v) is 24.2. The van der Waals surface area contributed by atoms with Gasteiger partial charge >= 0.3 is 0 Å². The van der Waals surface area contributed by atoms with Gasteiger partial charge in [-0.2, -0.15) is 8.42 Å². The van der Waals surface area contributed by atoms with E-state index in [-0.39, 0.29) is 16.6 Å². The van der Waals surface area contributed by atoms with Crippen LogP contribution in [0.15, 0.2) is 57.8 Å². The van der Waals surface area contributed by atoms with E-state index in [1.165, 1.54) is 54.1 Å². The van der Waals surface area contributed by atoms with E-state index in [4.69, 9.17) is 4.84 Å². The van der Waals surface area contributed by atoms with Crippen molar-refractivity contribution < 1.29 is 22.4 Å². The smallest absolute Gasteiger partial charge is 0.287 e. The van der Waals surface area contributed by atoms with Crippen LogP contribution in [-0.2, 0) is 14.9 Å². The molecule has 0 atom stereocenters. The molecular weight excluding hydrogens is 541 g/mol. The van der Waals surface area contributed by atoms with Crippen molar-refractivity contribution in [3.05, 3.63) is 64.8 Å². The summed E-state index contributed by atoms with van der Waals surface area (Å²) in [5, 5.41) is 2.16. The maximum absolute atomic E-state index is 13.4. The molecule has 0 aliphatic carbocycles. The lowest BCUT2D eigenvalue weighted by molar-refractivity contribution is -0.0753. The van der Waals surface area contributed by atoms with Crippen LogP contribution in [0.2, 0.25) is 0 Å². The van der Waals surface area contributed by atoms with Crippen LogP contribution in [-0.4, -0.2) is 85.1 Å². The van der Waals surface area contributed by atoms with Crippen LogP contribution in [0, 0.1) is 12.7 Å². The fourth-order valence-electron chi connectivity index (χ4n) is 4.36. The lowest BCUT2D eigenvalue weighted by Gasteiger charge is -2.37. The Kier molecular flexibility index (Phi) is 8.57. The zero-order valence-electron chi connectivity index (χ0n) is 22.6. The number of piperazine rings is 1. The van der Waals surface area contributed by atoms with Crippen LogP contribution in [0.4, 0.5) is 15.1 Å². The fraction of sp³-hybridized carbons (Fsp3) is 0.333. The minimum Gasteiger partial charge on any atom is -0.368 e. The van der Waals surface area contributed by atoms with Crippen molar-refractivity contribution in [1.29, 1.82) is 0 Å². The number of nitrogens with zero attached hydrogens (tertiary/aromatic N) is 5. The molecule has 39 heavy (non-hydrogen) atoms. The first-order chi connectivity index (χ1) is 18.5. The summed E-state index contributed by atoms with van der Waals surface area (Å²) in [4.78, 5) is 25.1. The second kappa shape index (κ2) is 11.7. The largest absolute Gasteiger partial charge is 0.368 e. The second-order valence-corrected chi connectivity index (χ2v) is 12.0. The van der Waals surface area contributed by atoms with Gasteiger partial charge in [-0.3, -0.25) is 9.63 Å². The number of anilines is 2. The molecule has 0 N–H and O–H groups in total. The molecule has 1 aliphatic rings. The third-order valence-electron chi connectivity index (χ3n) is 6.49. The van der Waals surface area contributed by atoms with Crippen molar-refractivity contribution in [2.24, 2.45) is 4.40 Å². The average molecular weight is 574 g/mol. The number of sulfonamides is 1. The Morgan fingerprint density at radius 1 is 1.00 bits per heavy atom. The van der Waals surface area contributed by atoms with E-state index in [1.54, 1.807) is 50.3 Å². The fourth-order valence-corrected chi connectivity index (χ4v) is 6.62. The number of carbonyl (C=O) groups excluding carboxylic acids is 1. The number of hydrogen-bond donors (Lipinski definition) is 0. The number of benzene rings is 2. The van der Waals surface area contributed by atoms with E-state index < -0.39 is 10.0 Å². The van der Waals surface area contributed by atoms with Gasteiger partial charge in [0, 0.05) is 58.6 Å². The van der Waals surface area contributed by atoms with E-state index in [0.29, 0.717) is 4.88 Å². The van der Waals surface area contributed by atoms with E-state index in [1.807, 2.05) is 6.92 Å². The van der Waals surface area contributed by atoms with Crippen molar-refractivity contribution in [1.82, 2.24) is 9.96 Å². The van der Waals surface area contributed by atoms with Crippen LogP contribution in [0.1, 0.15) is 15.2 Å². The normalized spacial score (nSPS) is 14.2. The molecule has 208 valence electrons. The summed E-state index contributed by atoms with van der Waals surface area (Å²) in [7, 11) is 2.52. The standard InChI is InChI=1S/C27H32FN5O4S2/c1-19-24(20-6-12-23(13-7-20)39(35,36)29-18-30(2)3)25(26(34)31(4)37-5)38-27(19)33-16-14-32(15-17-33)22-10-8-21(28)9-11-22/h6-13,18H,14-17H2,1-5H3. The van der Waals surface area contributed by atoms with Gasteiger partial charge in [-0.25, -0.2) is 9.45 Å². The Labute approximate surface area is 232 Å². The summed E-state index contributed by atoms with van der Waals surface area (Å²) in [6.45, 7) is 4.93. The van der Waals surface area contributed by atoms with Crippen LogP contribution in [0.5, 0.6) is 0 Å². The van der Waals surface area contributed by atoms with Crippen molar-refractivity contribution >= 4 is 44.3 Å². The first kappa shape index (κ1) is 28.5. The molecule has 2 heterocycles. The average Bonchev–Trinajstić information content (AvgIpc) is 3.28. The molecule has 0 radical (unpaired) electrons. The summed E-state index contributed by atoms with van der Waals surface area (Å²) >= 11 is 1.40. The highest BCUT2D eigenvalue weighted by Crippen LogP contribution is 2.43. The first-order valence-electron chi connectivity index (χ1n) is 12.3. The molecule has 1 amide bonds. The summed E-state index contributed by atoms with van der Waals surface area (Å²) in [6.07, 6.45) is 1.24. The van der Waals surface area contributed by atoms with E-state index in [2.05, 4.69) is 14.2 Å². The molecule has 9 nitrogen and oxygen atoms in total. The van der Waals surface area contributed by atoms with Gasteiger partial charge in [0.2, 0.25) is 0 Å². The van der Waals surface area contributed by atoms with Gasteiger partial charge in [0.15, 0.2) is 0 Å². The minimum atomic E-state index is -3.85. The number of halogens is 1. The topological polar surface area (TPSA) is 85.8 Å². The minimum absolute atomic E-state index is 0.0660. The predicted molar refractivity (Wildman–Crippen MR) is 154 cm³/mol. The Hall–Kier alpha value is -3.48. The third-order valence-corrected chi connectivity index (χ3v) is 9.07. The lowest BCUT2D eigenvalue weighted by Crippen LogP contribution is -2.46. The molecule has 12 heteroatoms. The molecule has 1 aromatic heterocycles. The van der Waals surface area contributed by atoms with Crippen LogP contribution in [0.25, 0.3) is 11.1 Å². The first-order valence-corrected chi connectivity index (χ1v) is 14.6. The van der Waals surface area contributed by atoms with Crippen molar-refractivity contribution in [2.45, 2.75) is 11.8 Å². The molecule has 4 rings (SSSR count). The molecule has 3 aromatic rings. The predicted octanol–water partition coefficient (Wildman–Crippen LogP) is 4.10. The van der Waals surface area contributed by atoms with Crippen molar-refractivity contribution in [3.8, 4) is 11.1 Å². The Morgan fingerprint density at radius 3 is 2.15 bits per heavy atom. The highest BCUT2D eigenvalue weighted by atomic mass is 32.2. The van der Waals surface area contributed by atoms with Crippen molar-refractivity contribution in [3.63, 3.8) is 0 Å². The van der Waals surface area contributed by atoms with E-state index in [0.717, 1.165) is 53.6 Å². The van der Waals surface area contributed by atoms with Gasteiger partial charge in [-0.1, -0.05) is 12.1 Å². The molecule has 2 aromatic carbocycles. The van der Waals surface area contributed by atoms with Crippen molar-refractivity contribution in [2.75, 3.05) is 64.2 Å². The number of carbonyl (C=O) groups is 1. The molecule has 0 unspecified atom stereocenters. The van der Waals surface area contributed by atoms with E-state index >= 15 is 0 Å². The van der Waals surface area contributed by atoms with Gasteiger partial charge in [0.05, 0.1) is 17.0 Å². The number of thiophene rings is 1. The maximum Gasteiger partial charge on any atom is 0.287 e. The Bertz CT molecular complexity index is 1450. The van der Waals surface area contributed by atoms with Crippen LogP contribution < -0.4 is 9.80 Å². The van der Waals surface area contributed by atoms with Gasteiger partial charge in [0.1, 0.15) is 17.0 Å². The van der Waals surface area contributed by atoms with Gasteiger partial charge in [-0.05, 0) is 54.4 Å². The SMILES string of the molecule is CON(C)C(=O)c1sc(N2CCN(c3ccc(F)cc3)CC2)c(C)c1-c1ccc(S(=O)(=O)N=CN(C)C)cc1. The number of amides is 1. The monoisotopic (exact) mass is 573 g/mol. The zero-order chi connectivity index (χ0) is 28.3. The molecule has 0 saturated carbocycles. The molecule has 1 fully saturated rings. The highest BCUT2D eigenvalue weighted by Gasteiger charge is 2.28. The maximum atomic E-state index is 13.4. The summed E-state index contributed by atoms with van der Waals surface area (Å²) in [6, 6.07) is 12.9. The van der Waals surface area contributed by atoms with Crippen LogP contribution in [0.3, 0.4) is 0 Å². The van der Waals surface area contributed by atoms with Crippen LogP contribution >= 0.6 is 11.3 Å². The third kappa shape index (κ3) is 6.23. The van der Waals surface area contributed by atoms with Gasteiger partial charge in [-0.15, -0.1) is 15.7 Å². The quantitative estimate of drug-likeness (QED) is 0.228. The van der Waals surface area contributed by atoms with Gasteiger partial charge < -0.3 is 14.7 Å². The molecule has 0 spiro atoms.